The molecule has 0 aliphatic rings. The van der Waals surface area contributed by atoms with Crippen LogP contribution in [0.4, 0.5) is 16.0 Å². The van der Waals surface area contributed by atoms with E-state index in [1.54, 1.807) is 24.3 Å². The van der Waals surface area contributed by atoms with E-state index in [9.17, 15) is 12.8 Å². The molecule has 6 nitrogen and oxygen atoms in total. The Hall–Kier alpha value is -2.22. The third-order valence-corrected chi connectivity index (χ3v) is 4.00. The van der Waals surface area contributed by atoms with Crippen LogP contribution >= 0.6 is 0 Å². The van der Waals surface area contributed by atoms with Crippen molar-refractivity contribution in [3.63, 3.8) is 0 Å². The quantitative estimate of drug-likeness (QED) is 0.852. The fourth-order valence-corrected chi connectivity index (χ4v) is 2.11. The predicted octanol–water partition coefficient (Wildman–Crippen LogP) is 1.99. The van der Waals surface area contributed by atoms with Gasteiger partial charge in [0, 0.05) is 12.1 Å². The predicted molar refractivity (Wildman–Crippen MR) is 78.8 cm³/mol. The van der Waals surface area contributed by atoms with Crippen molar-refractivity contribution in [1.82, 2.24) is 10.2 Å². The van der Waals surface area contributed by atoms with Gasteiger partial charge in [0.1, 0.15) is 11.6 Å². The van der Waals surface area contributed by atoms with E-state index in [-0.39, 0.29) is 23.9 Å². The van der Waals surface area contributed by atoms with E-state index in [4.69, 9.17) is 0 Å². The lowest BCUT2D eigenvalue weighted by Gasteiger charge is -2.07. The summed E-state index contributed by atoms with van der Waals surface area (Å²) in [6.07, 6.45) is 0. The molecule has 112 valence electrons. The third kappa shape index (κ3) is 4.38. The van der Waals surface area contributed by atoms with Crippen LogP contribution in [0.2, 0.25) is 0 Å². The summed E-state index contributed by atoms with van der Waals surface area (Å²) in [5, 5.41) is 10.5. The molecule has 0 aliphatic carbocycles. The van der Waals surface area contributed by atoms with Gasteiger partial charge in [-0.25, -0.2) is 12.8 Å². The van der Waals surface area contributed by atoms with E-state index in [0.29, 0.717) is 11.4 Å². The van der Waals surface area contributed by atoms with E-state index < -0.39 is 10.0 Å². The molecule has 21 heavy (non-hydrogen) atoms. The number of nitrogens with zero attached hydrogens (tertiary/aromatic N) is 2. The first-order valence-corrected chi connectivity index (χ1v) is 7.97. The number of halogens is 1. The lowest BCUT2D eigenvalue weighted by Crippen LogP contribution is -2.16. The minimum atomic E-state index is -3.37. The molecule has 0 atom stereocenters. The van der Waals surface area contributed by atoms with Crippen molar-refractivity contribution in [3.8, 4) is 0 Å². The second kappa shape index (κ2) is 6.49. The van der Waals surface area contributed by atoms with Gasteiger partial charge in [0.15, 0.2) is 5.82 Å². The summed E-state index contributed by atoms with van der Waals surface area (Å²) in [6, 6.07) is 9.47. The molecule has 0 aliphatic heterocycles. The van der Waals surface area contributed by atoms with Gasteiger partial charge in [0.2, 0.25) is 10.0 Å². The zero-order valence-electron chi connectivity index (χ0n) is 11.4. The third-order valence-electron chi connectivity index (χ3n) is 2.72. The lowest BCUT2D eigenvalue weighted by molar-refractivity contribution is 0.602. The molecule has 2 N–H and O–H groups in total. The summed E-state index contributed by atoms with van der Waals surface area (Å²) >= 11 is 0. The van der Waals surface area contributed by atoms with Crippen molar-refractivity contribution in [3.05, 3.63) is 47.8 Å². The lowest BCUT2D eigenvalue weighted by atomic mass is 10.2. The highest BCUT2D eigenvalue weighted by molar-refractivity contribution is 7.92. The number of hydrogen-bond acceptors (Lipinski definition) is 5. The van der Waals surface area contributed by atoms with E-state index in [2.05, 4.69) is 20.2 Å². The molecule has 2 rings (SSSR count). The van der Waals surface area contributed by atoms with Crippen molar-refractivity contribution in [2.75, 3.05) is 15.8 Å². The Morgan fingerprint density at radius 1 is 1.10 bits per heavy atom. The molecule has 0 saturated carbocycles. The molecule has 1 heterocycles. The van der Waals surface area contributed by atoms with Crippen molar-refractivity contribution >= 4 is 21.7 Å². The zero-order chi connectivity index (χ0) is 15.3. The van der Waals surface area contributed by atoms with Gasteiger partial charge in [0.05, 0.1) is 5.75 Å². The molecule has 1 aromatic heterocycles. The maximum atomic E-state index is 13.4. The van der Waals surface area contributed by atoms with E-state index in [0.717, 1.165) is 0 Å². The maximum Gasteiger partial charge on any atom is 0.233 e. The number of sulfonamides is 1. The Balaban J connectivity index is 1.98. The van der Waals surface area contributed by atoms with Gasteiger partial charge < -0.3 is 5.32 Å². The average Bonchev–Trinajstić information content (AvgIpc) is 2.48. The molecule has 0 saturated heterocycles. The first kappa shape index (κ1) is 15.2. The van der Waals surface area contributed by atoms with E-state index in [1.165, 1.54) is 19.1 Å². The standard InChI is InChI=1S/C13H15FN4O2S/c1-2-21(19,20)18-13-8-7-12(16-17-13)15-9-10-5-3-4-6-11(10)14/h3-8H,2,9H2,1H3,(H,15,16)(H,17,18). The van der Waals surface area contributed by atoms with Gasteiger partial charge >= 0.3 is 0 Å². The summed E-state index contributed by atoms with van der Waals surface area (Å²) in [7, 11) is -3.37. The van der Waals surface area contributed by atoms with Crippen molar-refractivity contribution in [1.29, 1.82) is 0 Å². The Kier molecular flexibility index (Phi) is 4.69. The topological polar surface area (TPSA) is 84.0 Å². The van der Waals surface area contributed by atoms with Crippen LogP contribution in [0.3, 0.4) is 0 Å². The smallest absolute Gasteiger partial charge is 0.233 e. The zero-order valence-corrected chi connectivity index (χ0v) is 12.2. The normalized spacial score (nSPS) is 11.1. The molecule has 0 spiro atoms. The molecule has 8 heteroatoms. The number of nitrogens with one attached hydrogen (secondary N) is 2. The van der Waals surface area contributed by atoms with Crippen molar-refractivity contribution in [2.24, 2.45) is 0 Å². The first-order valence-electron chi connectivity index (χ1n) is 6.31. The SMILES string of the molecule is CCS(=O)(=O)Nc1ccc(NCc2ccccc2F)nn1. The molecule has 0 bridgehead atoms. The molecular formula is C13H15FN4O2S. The molecule has 1 aromatic carbocycles. The van der Waals surface area contributed by atoms with Crippen LogP contribution in [0.5, 0.6) is 0 Å². The fraction of sp³-hybridized carbons (Fsp3) is 0.231. The summed E-state index contributed by atoms with van der Waals surface area (Å²) in [4.78, 5) is 0. The van der Waals surface area contributed by atoms with E-state index >= 15 is 0 Å². The monoisotopic (exact) mass is 310 g/mol. The van der Waals surface area contributed by atoms with Gasteiger partial charge in [0.25, 0.3) is 0 Å². The summed E-state index contributed by atoms with van der Waals surface area (Å²) in [5.74, 6) is 0.235. The Labute approximate surface area is 122 Å². The summed E-state index contributed by atoms with van der Waals surface area (Å²) in [6.45, 7) is 1.79. The highest BCUT2D eigenvalue weighted by atomic mass is 32.2. The largest absolute Gasteiger partial charge is 0.364 e. The highest BCUT2D eigenvalue weighted by Crippen LogP contribution is 2.11. The Morgan fingerprint density at radius 2 is 1.76 bits per heavy atom. The molecule has 2 aromatic rings. The van der Waals surface area contributed by atoms with E-state index in [1.807, 2.05) is 0 Å². The van der Waals surface area contributed by atoms with Gasteiger partial charge in [-0.3, -0.25) is 4.72 Å². The fourth-order valence-electron chi connectivity index (χ4n) is 1.54. The molecular weight excluding hydrogens is 295 g/mol. The minimum Gasteiger partial charge on any atom is -0.364 e. The van der Waals surface area contributed by atoms with Crippen LogP contribution in [0.15, 0.2) is 36.4 Å². The highest BCUT2D eigenvalue weighted by Gasteiger charge is 2.08. The van der Waals surface area contributed by atoms with Gasteiger partial charge in [-0.2, -0.15) is 0 Å². The molecule has 0 unspecified atom stereocenters. The van der Waals surface area contributed by atoms with Crippen LogP contribution in [0.1, 0.15) is 12.5 Å². The number of anilines is 2. The van der Waals surface area contributed by atoms with Gasteiger partial charge in [-0.05, 0) is 25.1 Å². The van der Waals surface area contributed by atoms with Crippen LogP contribution in [-0.4, -0.2) is 24.4 Å². The summed E-state index contributed by atoms with van der Waals surface area (Å²) in [5.41, 5.74) is 0.509. The van der Waals surface area contributed by atoms with Crippen LogP contribution < -0.4 is 10.0 Å². The molecule has 0 radical (unpaired) electrons. The Bertz CT molecular complexity index is 704. The number of hydrogen-bond donors (Lipinski definition) is 2. The average molecular weight is 310 g/mol. The molecule has 0 amide bonds. The molecule has 0 fully saturated rings. The maximum absolute atomic E-state index is 13.4. The van der Waals surface area contributed by atoms with Crippen molar-refractivity contribution in [2.45, 2.75) is 13.5 Å². The first-order chi connectivity index (χ1) is 10.00. The van der Waals surface area contributed by atoms with Crippen LogP contribution in [0, 0.1) is 5.82 Å². The number of benzene rings is 1. The Morgan fingerprint density at radius 3 is 2.38 bits per heavy atom. The second-order valence-electron chi connectivity index (χ2n) is 4.25. The number of rotatable bonds is 6. The second-order valence-corrected chi connectivity index (χ2v) is 6.27. The number of aromatic nitrogens is 2. The van der Waals surface area contributed by atoms with Crippen LogP contribution in [-0.2, 0) is 16.6 Å². The van der Waals surface area contributed by atoms with Crippen LogP contribution in [0.25, 0.3) is 0 Å². The van der Waals surface area contributed by atoms with Gasteiger partial charge in [-0.1, -0.05) is 18.2 Å². The minimum absolute atomic E-state index is 0.0397. The van der Waals surface area contributed by atoms with Gasteiger partial charge in [-0.15, -0.1) is 10.2 Å². The summed E-state index contributed by atoms with van der Waals surface area (Å²) < 4.78 is 38.4. The van der Waals surface area contributed by atoms with Crippen molar-refractivity contribution < 1.29 is 12.8 Å².